The molecule has 3 N–H and O–H groups in total. The number of nitrogens with two attached hydrogens (primary N) is 1. The molecule has 0 radical (unpaired) electrons. The summed E-state index contributed by atoms with van der Waals surface area (Å²) in [5.41, 5.74) is 5.89. The maximum absolute atomic E-state index is 13.3. The Hall–Kier alpha value is -0.470. The van der Waals surface area contributed by atoms with Crippen molar-refractivity contribution in [1.29, 1.82) is 0 Å². The zero-order valence-corrected chi connectivity index (χ0v) is 14.3. The van der Waals surface area contributed by atoms with Gasteiger partial charge in [-0.25, -0.2) is 8.78 Å². The van der Waals surface area contributed by atoms with E-state index in [1.165, 1.54) is 0 Å². The summed E-state index contributed by atoms with van der Waals surface area (Å²) in [6, 6.07) is 2.00. The molecule has 2 atom stereocenters. The Balaban J connectivity index is 0.00000220. The summed E-state index contributed by atoms with van der Waals surface area (Å²) in [6.07, 6.45) is 4.05. The lowest BCUT2D eigenvalue weighted by atomic mass is 9.84. The number of amides is 1. The molecule has 1 saturated carbocycles. The first kappa shape index (κ1) is 18.6. The molecule has 1 aliphatic rings. The first-order valence-corrected chi connectivity index (χ1v) is 7.76. The fourth-order valence-electron chi connectivity index (χ4n) is 2.62. The second kappa shape index (κ2) is 8.24. The van der Waals surface area contributed by atoms with E-state index in [1.54, 1.807) is 0 Å². The molecule has 118 valence electrons. The minimum absolute atomic E-state index is 0. The van der Waals surface area contributed by atoms with Gasteiger partial charge in [-0.3, -0.25) is 4.79 Å². The predicted octanol–water partition coefficient (Wildman–Crippen LogP) is 3.24. The van der Waals surface area contributed by atoms with Crippen LogP contribution in [0.1, 0.15) is 36.0 Å². The summed E-state index contributed by atoms with van der Waals surface area (Å²) in [6.45, 7) is 0.528. The summed E-state index contributed by atoms with van der Waals surface area (Å²) in [5, 5.41) is 2.91. The first-order chi connectivity index (χ1) is 9.52. The molecule has 21 heavy (non-hydrogen) atoms. The first-order valence-electron chi connectivity index (χ1n) is 6.68. The van der Waals surface area contributed by atoms with Crippen molar-refractivity contribution >= 4 is 40.9 Å². The zero-order chi connectivity index (χ0) is 14.7. The molecule has 2 unspecified atom stereocenters. The van der Waals surface area contributed by atoms with Gasteiger partial charge in [0.25, 0.3) is 5.91 Å². The Kier molecular flexibility index (Phi) is 7.29. The van der Waals surface area contributed by atoms with Gasteiger partial charge in [-0.15, -0.1) is 12.4 Å². The molecule has 1 amide bonds. The number of hydrogen-bond acceptors (Lipinski definition) is 2. The van der Waals surface area contributed by atoms with Crippen molar-refractivity contribution in [1.82, 2.24) is 5.32 Å². The second-order valence-corrected chi connectivity index (χ2v) is 6.27. The number of rotatable bonds is 3. The van der Waals surface area contributed by atoms with Crippen LogP contribution in [0.15, 0.2) is 12.1 Å². The standard InChI is InChI=1S/C14H17F2IN2O.ClH/c15-10-5-9(12(17)6-11(10)16)14(20)19-13-4-2-1-3-8(13)7-18;/h5-6,8,13H,1-4,7,18H2,(H,19,20);1H. The number of halogens is 4. The smallest absolute Gasteiger partial charge is 0.252 e. The van der Waals surface area contributed by atoms with E-state index in [2.05, 4.69) is 5.32 Å². The lowest BCUT2D eigenvalue weighted by Crippen LogP contribution is -2.44. The van der Waals surface area contributed by atoms with Crippen LogP contribution in [0.4, 0.5) is 8.78 Å². The Morgan fingerprint density at radius 1 is 1.29 bits per heavy atom. The van der Waals surface area contributed by atoms with Crippen LogP contribution in [0.3, 0.4) is 0 Å². The predicted molar refractivity (Wildman–Crippen MR) is 88.6 cm³/mol. The molecule has 0 heterocycles. The van der Waals surface area contributed by atoms with E-state index < -0.39 is 11.6 Å². The number of benzene rings is 1. The molecule has 0 aromatic heterocycles. The second-order valence-electron chi connectivity index (χ2n) is 5.11. The van der Waals surface area contributed by atoms with Crippen molar-refractivity contribution in [3.63, 3.8) is 0 Å². The molecule has 1 aromatic rings. The normalized spacial score (nSPS) is 21.5. The summed E-state index contributed by atoms with van der Waals surface area (Å²) >= 11 is 1.83. The SMILES string of the molecule is Cl.NCC1CCCCC1NC(=O)c1cc(F)c(F)cc1I. The summed E-state index contributed by atoms with van der Waals surface area (Å²) in [5.74, 6) is -2.05. The number of hydrogen-bond donors (Lipinski definition) is 2. The van der Waals surface area contributed by atoms with Crippen LogP contribution < -0.4 is 11.1 Å². The number of carbonyl (C=O) groups excluding carboxylic acids is 1. The van der Waals surface area contributed by atoms with E-state index in [0.29, 0.717) is 10.1 Å². The molecular weight excluding hydrogens is 413 g/mol. The molecule has 0 saturated heterocycles. The molecule has 3 nitrogen and oxygen atoms in total. The summed E-state index contributed by atoms with van der Waals surface area (Å²) in [4.78, 5) is 12.2. The highest BCUT2D eigenvalue weighted by molar-refractivity contribution is 14.1. The molecule has 1 aromatic carbocycles. The van der Waals surface area contributed by atoms with Crippen LogP contribution in [0.2, 0.25) is 0 Å². The van der Waals surface area contributed by atoms with E-state index in [-0.39, 0.29) is 35.8 Å². The molecule has 1 fully saturated rings. The van der Waals surface area contributed by atoms with Crippen LogP contribution in [-0.2, 0) is 0 Å². The van der Waals surface area contributed by atoms with E-state index in [9.17, 15) is 13.6 Å². The van der Waals surface area contributed by atoms with Crippen molar-refractivity contribution in [2.75, 3.05) is 6.54 Å². The van der Waals surface area contributed by atoms with Crippen molar-refractivity contribution in [3.8, 4) is 0 Å². The highest BCUT2D eigenvalue weighted by Gasteiger charge is 2.26. The quantitative estimate of drug-likeness (QED) is 0.571. The Morgan fingerprint density at radius 3 is 2.57 bits per heavy atom. The van der Waals surface area contributed by atoms with E-state index >= 15 is 0 Å². The minimum Gasteiger partial charge on any atom is -0.349 e. The Labute approximate surface area is 142 Å². The van der Waals surface area contributed by atoms with Crippen LogP contribution in [0.5, 0.6) is 0 Å². The van der Waals surface area contributed by atoms with Crippen LogP contribution in [0, 0.1) is 21.1 Å². The lowest BCUT2D eigenvalue weighted by molar-refractivity contribution is 0.0906. The van der Waals surface area contributed by atoms with Gasteiger partial charge >= 0.3 is 0 Å². The monoisotopic (exact) mass is 430 g/mol. The fraction of sp³-hybridized carbons (Fsp3) is 0.500. The lowest BCUT2D eigenvalue weighted by Gasteiger charge is -2.31. The van der Waals surface area contributed by atoms with Gasteiger partial charge in [-0.1, -0.05) is 12.8 Å². The third kappa shape index (κ3) is 4.50. The number of nitrogens with one attached hydrogen (secondary N) is 1. The van der Waals surface area contributed by atoms with E-state index in [0.717, 1.165) is 37.8 Å². The maximum atomic E-state index is 13.3. The summed E-state index contributed by atoms with van der Waals surface area (Å²) < 4.78 is 26.7. The van der Waals surface area contributed by atoms with Crippen LogP contribution in [0.25, 0.3) is 0 Å². The van der Waals surface area contributed by atoms with Crippen molar-refractivity contribution in [2.24, 2.45) is 11.7 Å². The molecule has 1 aliphatic carbocycles. The van der Waals surface area contributed by atoms with E-state index in [1.807, 2.05) is 22.6 Å². The van der Waals surface area contributed by atoms with Gasteiger partial charge in [0, 0.05) is 9.61 Å². The molecule has 0 aliphatic heterocycles. The molecule has 2 rings (SSSR count). The van der Waals surface area contributed by atoms with Crippen molar-refractivity contribution < 1.29 is 13.6 Å². The highest BCUT2D eigenvalue weighted by Crippen LogP contribution is 2.24. The van der Waals surface area contributed by atoms with Gasteiger partial charge < -0.3 is 11.1 Å². The Morgan fingerprint density at radius 2 is 1.90 bits per heavy atom. The van der Waals surface area contributed by atoms with Gasteiger partial charge in [0.15, 0.2) is 11.6 Å². The van der Waals surface area contributed by atoms with Crippen LogP contribution >= 0.6 is 35.0 Å². The summed E-state index contributed by atoms with van der Waals surface area (Å²) in [7, 11) is 0. The Bertz CT molecular complexity index is 516. The largest absolute Gasteiger partial charge is 0.349 e. The van der Waals surface area contributed by atoms with Crippen molar-refractivity contribution in [2.45, 2.75) is 31.7 Å². The molecule has 0 spiro atoms. The highest BCUT2D eigenvalue weighted by atomic mass is 127. The third-order valence-electron chi connectivity index (χ3n) is 3.78. The average molecular weight is 431 g/mol. The van der Waals surface area contributed by atoms with Crippen molar-refractivity contribution in [3.05, 3.63) is 32.9 Å². The molecule has 0 bridgehead atoms. The van der Waals surface area contributed by atoms with Gasteiger partial charge in [0.2, 0.25) is 0 Å². The molecule has 7 heteroatoms. The van der Waals surface area contributed by atoms with Gasteiger partial charge in [0.05, 0.1) is 5.56 Å². The van der Waals surface area contributed by atoms with Gasteiger partial charge in [-0.2, -0.15) is 0 Å². The number of carbonyl (C=O) groups is 1. The van der Waals surface area contributed by atoms with Gasteiger partial charge in [0.1, 0.15) is 0 Å². The maximum Gasteiger partial charge on any atom is 0.252 e. The topological polar surface area (TPSA) is 55.1 Å². The van der Waals surface area contributed by atoms with Crippen LogP contribution in [-0.4, -0.2) is 18.5 Å². The van der Waals surface area contributed by atoms with E-state index in [4.69, 9.17) is 5.73 Å². The minimum atomic E-state index is -1.01. The fourth-order valence-corrected chi connectivity index (χ4v) is 3.30. The van der Waals surface area contributed by atoms with Gasteiger partial charge in [-0.05, 0) is 60.0 Å². The molecular formula is C14H18ClF2IN2O. The third-order valence-corrected chi connectivity index (χ3v) is 4.68. The average Bonchev–Trinajstić information content (AvgIpc) is 2.43. The zero-order valence-electron chi connectivity index (χ0n) is 11.4.